The van der Waals surface area contributed by atoms with Crippen LogP contribution in [0, 0.1) is 5.92 Å². The second-order valence-electron chi connectivity index (χ2n) is 5.56. The second-order valence-corrected chi connectivity index (χ2v) is 5.56. The van der Waals surface area contributed by atoms with Gasteiger partial charge in [-0.05, 0) is 36.9 Å². The van der Waals surface area contributed by atoms with Crippen molar-refractivity contribution in [1.29, 1.82) is 0 Å². The number of benzene rings is 1. The Morgan fingerprint density at radius 3 is 2.95 bits per heavy atom. The first-order valence-electron chi connectivity index (χ1n) is 7.55. The summed E-state index contributed by atoms with van der Waals surface area (Å²) in [6.45, 7) is 7.72. The molecule has 2 N–H and O–H groups in total. The van der Waals surface area contributed by atoms with Crippen molar-refractivity contribution in [3.05, 3.63) is 29.8 Å². The molecular formula is C16H25N3O. The molecule has 0 spiro atoms. The van der Waals surface area contributed by atoms with E-state index in [0.717, 1.165) is 43.9 Å². The molecule has 0 aliphatic carbocycles. The van der Waals surface area contributed by atoms with Crippen LogP contribution in [0.1, 0.15) is 32.3 Å². The molecule has 0 saturated carbocycles. The van der Waals surface area contributed by atoms with Gasteiger partial charge in [0.15, 0.2) is 0 Å². The van der Waals surface area contributed by atoms with Crippen molar-refractivity contribution < 1.29 is 4.79 Å². The Bertz CT molecular complexity index is 447. The summed E-state index contributed by atoms with van der Waals surface area (Å²) >= 11 is 0. The molecule has 2 amide bonds. The minimum Gasteiger partial charge on any atom is -0.324 e. The van der Waals surface area contributed by atoms with Crippen molar-refractivity contribution in [2.24, 2.45) is 5.92 Å². The van der Waals surface area contributed by atoms with Crippen LogP contribution in [0.15, 0.2) is 24.3 Å². The van der Waals surface area contributed by atoms with Gasteiger partial charge >= 0.3 is 6.03 Å². The number of carbonyl (C=O) groups is 1. The van der Waals surface area contributed by atoms with Gasteiger partial charge in [-0.2, -0.15) is 0 Å². The van der Waals surface area contributed by atoms with Crippen LogP contribution in [0.5, 0.6) is 0 Å². The number of para-hydroxylation sites is 1. The van der Waals surface area contributed by atoms with Gasteiger partial charge in [-0.15, -0.1) is 0 Å². The lowest BCUT2D eigenvalue weighted by Crippen LogP contribution is -2.41. The van der Waals surface area contributed by atoms with E-state index in [4.69, 9.17) is 0 Å². The summed E-state index contributed by atoms with van der Waals surface area (Å²) in [4.78, 5) is 14.3. The summed E-state index contributed by atoms with van der Waals surface area (Å²) in [7, 11) is 0. The van der Waals surface area contributed by atoms with Crippen molar-refractivity contribution in [1.82, 2.24) is 10.2 Å². The molecule has 1 heterocycles. The molecule has 4 nitrogen and oxygen atoms in total. The summed E-state index contributed by atoms with van der Waals surface area (Å²) in [6, 6.07) is 8.02. The topological polar surface area (TPSA) is 44.4 Å². The molecule has 1 saturated heterocycles. The molecule has 1 aromatic rings. The minimum atomic E-state index is 0.0282. The van der Waals surface area contributed by atoms with Crippen molar-refractivity contribution >= 4 is 11.7 Å². The lowest BCUT2D eigenvalue weighted by Gasteiger charge is -2.31. The fourth-order valence-corrected chi connectivity index (χ4v) is 2.62. The summed E-state index contributed by atoms with van der Waals surface area (Å²) in [5.74, 6) is 0.603. The average molecular weight is 275 g/mol. The summed E-state index contributed by atoms with van der Waals surface area (Å²) < 4.78 is 0. The van der Waals surface area contributed by atoms with Crippen LogP contribution in [0.4, 0.5) is 10.5 Å². The molecule has 2 rings (SSSR count). The third-order valence-corrected chi connectivity index (χ3v) is 3.77. The lowest BCUT2D eigenvalue weighted by molar-refractivity contribution is 0.182. The van der Waals surface area contributed by atoms with Gasteiger partial charge in [0.2, 0.25) is 0 Å². The molecular weight excluding hydrogens is 250 g/mol. The number of hydrogen-bond acceptors (Lipinski definition) is 2. The van der Waals surface area contributed by atoms with E-state index in [1.807, 2.05) is 23.1 Å². The van der Waals surface area contributed by atoms with E-state index in [1.54, 1.807) is 0 Å². The molecule has 0 radical (unpaired) electrons. The largest absolute Gasteiger partial charge is 0.324 e. The number of likely N-dealkylation sites (tertiary alicyclic amines) is 1. The molecule has 4 heteroatoms. The maximum Gasteiger partial charge on any atom is 0.321 e. The number of anilines is 1. The third kappa shape index (κ3) is 3.97. The van der Waals surface area contributed by atoms with E-state index in [-0.39, 0.29) is 6.03 Å². The van der Waals surface area contributed by atoms with E-state index in [0.29, 0.717) is 5.92 Å². The van der Waals surface area contributed by atoms with Gasteiger partial charge in [0.05, 0.1) is 0 Å². The highest BCUT2D eigenvalue weighted by atomic mass is 16.2. The van der Waals surface area contributed by atoms with Crippen molar-refractivity contribution in [3.8, 4) is 0 Å². The molecule has 110 valence electrons. The lowest BCUT2D eigenvalue weighted by atomic mass is 10.0. The monoisotopic (exact) mass is 275 g/mol. The van der Waals surface area contributed by atoms with Crippen LogP contribution in [0.25, 0.3) is 0 Å². The van der Waals surface area contributed by atoms with Crippen LogP contribution in [-0.2, 0) is 6.54 Å². The van der Waals surface area contributed by atoms with E-state index in [9.17, 15) is 4.79 Å². The average Bonchev–Trinajstić information content (AvgIpc) is 2.46. The maximum absolute atomic E-state index is 12.3. The van der Waals surface area contributed by atoms with Gasteiger partial charge in [-0.25, -0.2) is 4.79 Å². The molecule has 0 bridgehead atoms. The fraction of sp³-hybridized carbons (Fsp3) is 0.562. The first-order valence-corrected chi connectivity index (χ1v) is 7.55. The van der Waals surface area contributed by atoms with Gasteiger partial charge in [0, 0.05) is 25.3 Å². The Morgan fingerprint density at radius 2 is 2.20 bits per heavy atom. The molecule has 20 heavy (non-hydrogen) atoms. The van der Waals surface area contributed by atoms with Gasteiger partial charge in [0.25, 0.3) is 0 Å². The number of carbonyl (C=O) groups excluding carboxylic acids is 1. The molecule has 1 atom stereocenters. The van der Waals surface area contributed by atoms with E-state index < -0.39 is 0 Å². The molecule has 1 aliphatic heterocycles. The highest BCUT2D eigenvalue weighted by Crippen LogP contribution is 2.19. The van der Waals surface area contributed by atoms with E-state index >= 15 is 0 Å². The summed E-state index contributed by atoms with van der Waals surface area (Å²) in [5, 5.41) is 6.36. The van der Waals surface area contributed by atoms with Crippen molar-refractivity contribution in [2.75, 3.05) is 25.0 Å². The Balaban J connectivity index is 1.99. The van der Waals surface area contributed by atoms with Gasteiger partial charge in [0.1, 0.15) is 0 Å². The maximum atomic E-state index is 12.3. The molecule has 1 fully saturated rings. The number of nitrogens with one attached hydrogen (secondary N) is 2. The van der Waals surface area contributed by atoms with E-state index in [2.05, 4.69) is 30.5 Å². The van der Waals surface area contributed by atoms with E-state index in [1.165, 1.54) is 6.42 Å². The smallest absolute Gasteiger partial charge is 0.321 e. The van der Waals surface area contributed by atoms with Gasteiger partial charge in [-0.3, -0.25) is 0 Å². The van der Waals surface area contributed by atoms with Gasteiger partial charge in [-0.1, -0.05) is 32.0 Å². The zero-order valence-corrected chi connectivity index (χ0v) is 12.5. The third-order valence-electron chi connectivity index (χ3n) is 3.77. The predicted octanol–water partition coefficient (Wildman–Crippen LogP) is 3.06. The normalized spacial score (nSPS) is 18.9. The van der Waals surface area contributed by atoms with Crippen LogP contribution < -0.4 is 10.6 Å². The zero-order chi connectivity index (χ0) is 14.4. The number of urea groups is 1. The highest BCUT2D eigenvalue weighted by molar-refractivity contribution is 5.90. The number of nitrogens with zero attached hydrogens (tertiary/aromatic N) is 1. The van der Waals surface area contributed by atoms with Crippen molar-refractivity contribution in [3.63, 3.8) is 0 Å². The Kier molecular flexibility index (Phi) is 5.41. The number of piperidine rings is 1. The van der Waals surface area contributed by atoms with Crippen LogP contribution in [-0.4, -0.2) is 30.6 Å². The zero-order valence-electron chi connectivity index (χ0n) is 12.5. The molecule has 1 aliphatic rings. The molecule has 1 unspecified atom stereocenters. The standard InChI is InChI=1S/C16H25N3O/c1-3-17-11-14-8-4-5-9-15(14)18-16(20)19-10-6-7-13(2)12-19/h4-5,8-9,13,17H,3,6-7,10-12H2,1-2H3,(H,18,20). The predicted molar refractivity (Wildman–Crippen MR) is 82.8 cm³/mol. The summed E-state index contributed by atoms with van der Waals surface area (Å²) in [6.07, 6.45) is 2.33. The molecule has 1 aromatic carbocycles. The first kappa shape index (κ1) is 14.9. The SMILES string of the molecule is CCNCc1ccccc1NC(=O)N1CCCC(C)C1. The van der Waals surface area contributed by atoms with Crippen LogP contribution in [0.2, 0.25) is 0 Å². The second kappa shape index (κ2) is 7.29. The first-order chi connectivity index (χ1) is 9.70. The van der Waals surface area contributed by atoms with Gasteiger partial charge < -0.3 is 15.5 Å². The number of hydrogen-bond donors (Lipinski definition) is 2. The highest BCUT2D eigenvalue weighted by Gasteiger charge is 2.21. The number of rotatable bonds is 4. The number of amides is 2. The minimum absolute atomic E-state index is 0.0282. The van der Waals surface area contributed by atoms with Crippen molar-refractivity contribution in [2.45, 2.75) is 33.2 Å². The van der Waals surface area contributed by atoms with Crippen LogP contribution in [0.3, 0.4) is 0 Å². The Labute approximate surface area is 121 Å². The Hall–Kier alpha value is -1.55. The Morgan fingerprint density at radius 1 is 1.40 bits per heavy atom. The summed E-state index contributed by atoms with van der Waals surface area (Å²) in [5.41, 5.74) is 2.05. The molecule has 0 aromatic heterocycles. The quantitative estimate of drug-likeness (QED) is 0.887. The van der Waals surface area contributed by atoms with Crippen LogP contribution >= 0.6 is 0 Å². The fourth-order valence-electron chi connectivity index (χ4n) is 2.62.